The first kappa shape index (κ1) is 13.4. The third-order valence-electron chi connectivity index (χ3n) is 2.86. The minimum atomic E-state index is 0.181. The molecule has 2 heterocycles. The van der Waals surface area contributed by atoms with Crippen molar-refractivity contribution >= 4 is 23.2 Å². The zero-order valence-electron chi connectivity index (χ0n) is 11.2. The number of hydrogen-bond acceptors (Lipinski definition) is 5. The number of aromatic amines is 1. The van der Waals surface area contributed by atoms with Crippen LogP contribution in [0.1, 0.15) is 0 Å². The molecule has 0 saturated carbocycles. The van der Waals surface area contributed by atoms with Crippen LogP contribution in [0.3, 0.4) is 0 Å². The van der Waals surface area contributed by atoms with Gasteiger partial charge in [0, 0.05) is 17.8 Å². The molecule has 0 radical (unpaired) electrons. The lowest BCUT2D eigenvalue weighted by Crippen LogP contribution is -1.94. The van der Waals surface area contributed by atoms with Crippen molar-refractivity contribution < 1.29 is 4.74 Å². The van der Waals surface area contributed by atoms with E-state index in [1.54, 1.807) is 19.4 Å². The molecule has 21 heavy (non-hydrogen) atoms. The number of halogens is 1. The summed E-state index contributed by atoms with van der Waals surface area (Å²) >= 11 is 5.74. The average molecular weight is 302 g/mol. The van der Waals surface area contributed by atoms with Crippen LogP contribution < -0.4 is 10.1 Å². The Morgan fingerprint density at radius 3 is 2.86 bits per heavy atom. The van der Waals surface area contributed by atoms with Gasteiger partial charge in [-0.3, -0.25) is 5.10 Å². The van der Waals surface area contributed by atoms with E-state index in [0.29, 0.717) is 11.6 Å². The van der Waals surface area contributed by atoms with E-state index in [1.165, 1.54) is 0 Å². The summed E-state index contributed by atoms with van der Waals surface area (Å²) in [6, 6.07) is 11.3. The van der Waals surface area contributed by atoms with Crippen LogP contribution in [0.2, 0.25) is 5.28 Å². The zero-order valence-corrected chi connectivity index (χ0v) is 11.9. The predicted octanol–water partition coefficient (Wildman–Crippen LogP) is 3.27. The molecule has 6 nitrogen and oxygen atoms in total. The molecule has 0 spiro atoms. The van der Waals surface area contributed by atoms with Crippen molar-refractivity contribution in [2.45, 2.75) is 0 Å². The highest BCUT2D eigenvalue weighted by Gasteiger charge is 2.09. The summed E-state index contributed by atoms with van der Waals surface area (Å²) in [4.78, 5) is 7.88. The fourth-order valence-electron chi connectivity index (χ4n) is 1.93. The summed E-state index contributed by atoms with van der Waals surface area (Å²) in [5.41, 5.74) is 1.77. The molecule has 0 saturated heterocycles. The van der Waals surface area contributed by atoms with Crippen molar-refractivity contribution in [1.29, 1.82) is 0 Å². The molecule has 2 aromatic heterocycles. The predicted molar refractivity (Wildman–Crippen MR) is 80.9 cm³/mol. The number of H-pyrrole nitrogens is 1. The van der Waals surface area contributed by atoms with Crippen LogP contribution in [-0.2, 0) is 0 Å². The summed E-state index contributed by atoms with van der Waals surface area (Å²) in [6.07, 6.45) is 1.57. The van der Waals surface area contributed by atoms with Crippen LogP contribution >= 0.6 is 11.6 Å². The number of ether oxygens (including phenoxy) is 1. The van der Waals surface area contributed by atoms with Crippen molar-refractivity contribution in [3.05, 3.63) is 47.9 Å². The second kappa shape index (κ2) is 5.80. The topological polar surface area (TPSA) is 75.7 Å². The number of para-hydroxylation sites is 1. The van der Waals surface area contributed by atoms with Gasteiger partial charge in [-0.15, -0.1) is 0 Å². The molecule has 106 valence electrons. The van der Waals surface area contributed by atoms with Crippen molar-refractivity contribution in [3.8, 4) is 17.0 Å². The molecule has 3 aromatic rings. The number of rotatable bonds is 4. The molecule has 0 bridgehead atoms. The van der Waals surface area contributed by atoms with Crippen LogP contribution in [0.5, 0.6) is 5.75 Å². The summed E-state index contributed by atoms with van der Waals surface area (Å²) in [6.45, 7) is 0. The van der Waals surface area contributed by atoms with E-state index in [-0.39, 0.29) is 5.28 Å². The molecule has 0 unspecified atom stereocenters. The zero-order chi connectivity index (χ0) is 14.7. The Balaban J connectivity index is 1.86. The van der Waals surface area contributed by atoms with Crippen LogP contribution in [-0.4, -0.2) is 27.3 Å². The fraction of sp³-hybridized carbons (Fsp3) is 0.0714. The van der Waals surface area contributed by atoms with Crippen LogP contribution in [0, 0.1) is 0 Å². The Kier molecular flexibility index (Phi) is 3.70. The molecule has 7 heteroatoms. The van der Waals surface area contributed by atoms with Gasteiger partial charge in [0.25, 0.3) is 0 Å². The number of benzene rings is 1. The molecule has 0 amide bonds. The molecule has 0 aliphatic rings. The number of nitrogens with one attached hydrogen (secondary N) is 2. The number of hydrogen-bond donors (Lipinski definition) is 2. The molecule has 2 N–H and O–H groups in total. The van der Waals surface area contributed by atoms with E-state index >= 15 is 0 Å². The molecule has 0 aliphatic carbocycles. The van der Waals surface area contributed by atoms with Gasteiger partial charge >= 0.3 is 0 Å². The quantitative estimate of drug-likeness (QED) is 0.723. The highest BCUT2D eigenvalue weighted by molar-refractivity contribution is 6.28. The number of aromatic nitrogens is 4. The minimum Gasteiger partial charge on any atom is -0.496 e. The normalized spacial score (nSPS) is 10.4. The van der Waals surface area contributed by atoms with Gasteiger partial charge in [0.2, 0.25) is 5.28 Å². The first-order chi connectivity index (χ1) is 10.3. The Hall–Kier alpha value is -2.60. The summed E-state index contributed by atoms with van der Waals surface area (Å²) in [5.74, 6) is 1.98. The fourth-order valence-corrected chi connectivity index (χ4v) is 2.07. The second-order valence-corrected chi connectivity index (χ2v) is 4.54. The maximum Gasteiger partial charge on any atom is 0.224 e. The SMILES string of the molecule is COc1ccccc1-c1cc(Nc2ccnc(Cl)n2)n[nH]1. The van der Waals surface area contributed by atoms with Crippen molar-refractivity contribution in [1.82, 2.24) is 20.2 Å². The van der Waals surface area contributed by atoms with Gasteiger partial charge < -0.3 is 10.1 Å². The monoisotopic (exact) mass is 301 g/mol. The minimum absolute atomic E-state index is 0.181. The number of methoxy groups -OCH3 is 1. The van der Waals surface area contributed by atoms with Crippen molar-refractivity contribution in [3.63, 3.8) is 0 Å². The Morgan fingerprint density at radius 2 is 2.05 bits per heavy atom. The highest BCUT2D eigenvalue weighted by Crippen LogP contribution is 2.29. The Morgan fingerprint density at radius 1 is 1.19 bits per heavy atom. The lowest BCUT2D eigenvalue weighted by molar-refractivity contribution is 0.416. The van der Waals surface area contributed by atoms with E-state index in [2.05, 4.69) is 25.5 Å². The third kappa shape index (κ3) is 2.95. The Labute approximate surface area is 126 Å². The molecular formula is C14H12ClN5O. The summed E-state index contributed by atoms with van der Waals surface area (Å²) in [5, 5.41) is 10.4. The van der Waals surface area contributed by atoms with Crippen molar-refractivity contribution in [2.75, 3.05) is 12.4 Å². The van der Waals surface area contributed by atoms with E-state index in [4.69, 9.17) is 16.3 Å². The molecule has 1 aromatic carbocycles. The molecule has 3 rings (SSSR count). The van der Waals surface area contributed by atoms with Gasteiger partial charge in [0.05, 0.1) is 12.8 Å². The maximum atomic E-state index is 5.74. The first-order valence-electron chi connectivity index (χ1n) is 6.20. The number of anilines is 2. The van der Waals surface area contributed by atoms with Gasteiger partial charge in [-0.1, -0.05) is 12.1 Å². The smallest absolute Gasteiger partial charge is 0.224 e. The molecular weight excluding hydrogens is 290 g/mol. The maximum absolute atomic E-state index is 5.74. The summed E-state index contributed by atoms with van der Waals surface area (Å²) < 4.78 is 5.34. The Bertz CT molecular complexity index is 758. The lowest BCUT2D eigenvalue weighted by atomic mass is 10.1. The molecule has 0 fully saturated rings. The van der Waals surface area contributed by atoms with E-state index in [1.807, 2.05) is 30.3 Å². The van der Waals surface area contributed by atoms with Gasteiger partial charge in [0.1, 0.15) is 11.6 Å². The van der Waals surface area contributed by atoms with Gasteiger partial charge in [-0.25, -0.2) is 9.97 Å². The van der Waals surface area contributed by atoms with E-state index in [0.717, 1.165) is 17.0 Å². The van der Waals surface area contributed by atoms with Crippen LogP contribution in [0.25, 0.3) is 11.3 Å². The van der Waals surface area contributed by atoms with Crippen LogP contribution in [0.4, 0.5) is 11.6 Å². The second-order valence-electron chi connectivity index (χ2n) is 4.20. The van der Waals surface area contributed by atoms with Gasteiger partial charge in [-0.2, -0.15) is 5.10 Å². The standard InChI is InChI=1S/C14H12ClN5O/c1-21-11-5-3-2-4-9(11)10-8-13(20-19-10)17-12-6-7-16-14(15)18-12/h2-8H,1H3,(H2,16,17,18,19,20). The van der Waals surface area contributed by atoms with Crippen molar-refractivity contribution in [2.24, 2.45) is 0 Å². The van der Waals surface area contributed by atoms with E-state index in [9.17, 15) is 0 Å². The molecule has 0 atom stereocenters. The largest absolute Gasteiger partial charge is 0.496 e. The lowest BCUT2D eigenvalue weighted by Gasteiger charge is -2.05. The van der Waals surface area contributed by atoms with Gasteiger partial charge in [0.15, 0.2) is 5.82 Å². The van der Waals surface area contributed by atoms with Crippen LogP contribution in [0.15, 0.2) is 42.6 Å². The molecule has 0 aliphatic heterocycles. The van der Waals surface area contributed by atoms with E-state index < -0.39 is 0 Å². The highest BCUT2D eigenvalue weighted by atomic mass is 35.5. The first-order valence-corrected chi connectivity index (χ1v) is 6.58. The third-order valence-corrected chi connectivity index (χ3v) is 3.04. The van der Waals surface area contributed by atoms with Gasteiger partial charge in [-0.05, 0) is 29.8 Å². The number of nitrogens with zero attached hydrogens (tertiary/aromatic N) is 3. The average Bonchev–Trinajstić information content (AvgIpc) is 2.95. The summed E-state index contributed by atoms with van der Waals surface area (Å²) in [7, 11) is 1.64.